The summed E-state index contributed by atoms with van der Waals surface area (Å²) in [5.74, 6) is -1.92. The molecule has 0 unspecified atom stereocenters. The zero-order valence-electron chi connectivity index (χ0n) is 10.4. The van der Waals surface area contributed by atoms with Crippen LogP contribution in [0.1, 0.15) is 5.82 Å². The Morgan fingerprint density at radius 3 is 2.74 bits per heavy atom. The number of aliphatic carboxylic acids is 1. The van der Waals surface area contributed by atoms with E-state index in [9.17, 15) is 9.18 Å². The van der Waals surface area contributed by atoms with Crippen LogP contribution in [0.25, 0.3) is 0 Å². The average Bonchev–Trinajstić information content (AvgIpc) is 2.41. The molecule has 0 bridgehead atoms. The molecule has 0 aromatic carbocycles. The van der Waals surface area contributed by atoms with E-state index in [0.29, 0.717) is 26.3 Å². The standard InChI is InChI=1S/C11H14FN3O4/c1-18-11-9(12)10(15-2-4-19-5-3-15)13-7(14-11)6-8(16)17/h2-6H2,1H3,(H,16,17). The number of halogens is 1. The molecule has 2 heterocycles. The van der Waals surface area contributed by atoms with Crippen molar-refractivity contribution in [1.82, 2.24) is 9.97 Å². The van der Waals surface area contributed by atoms with Crippen LogP contribution < -0.4 is 9.64 Å². The number of rotatable bonds is 4. The summed E-state index contributed by atoms with van der Waals surface area (Å²) >= 11 is 0. The fourth-order valence-electron chi connectivity index (χ4n) is 1.79. The summed E-state index contributed by atoms with van der Waals surface area (Å²) in [7, 11) is 1.28. The van der Waals surface area contributed by atoms with E-state index >= 15 is 0 Å². The molecule has 0 amide bonds. The van der Waals surface area contributed by atoms with Crippen LogP contribution in [0.5, 0.6) is 5.88 Å². The summed E-state index contributed by atoms with van der Waals surface area (Å²) in [6, 6.07) is 0. The number of hydrogen-bond acceptors (Lipinski definition) is 6. The number of ether oxygens (including phenoxy) is 2. The number of carboxylic acid groups (broad SMARTS) is 1. The van der Waals surface area contributed by atoms with Gasteiger partial charge in [-0.3, -0.25) is 4.79 Å². The highest BCUT2D eigenvalue weighted by Gasteiger charge is 2.22. The first kappa shape index (κ1) is 13.5. The minimum Gasteiger partial charge on any atom is -0.481 e. The Labute approximate surface area is 109 Å². The first-order valence-electron chi connectivity index (χ1n) is 5.76. The largest absolute Gasteiger partial charge is 0.481 e. The summed E-state index contributed by atoms with van der Waals surface area (Å²) in [6.45, 7) is 1.92. The van der Waals surface area contributed by atoms with Gasteiger partial charge < -0.3 is 19.5 Å². The SMILES string of the molecule is COc1nc(CC(=O)O)nc(N2CCOCC2)c1F. The van der Waals surface area contributed by atoms with E-state index in [1.807, 2.05) is 0 Å². The van der Waals surface area contributed by atoms with Crippen LogP contribution in [-0.4, -0.2) is 54.5 Å². The molecule has 0 spiro atoms. The molecule has 19 heavy (non-hydrogen) atoms. The van der Waals surface area contributed by atoms with Gasteiger partial charge in [-0.15, -0.1) is 0 Å². The summed E-state index contributed by atoms with van der Waals surface area (Å²) in [5, 5.41) is 8.75. The maximum Gasteiger partial charge on any atom is 0.311 e. The van der Waals surface area contributed by atoms with Crippen molar-refractivity contribution in [3.05, 3.63) is 11.6 Å². The third kappa shape index (κ3) is 3.08. The van der Waals surface area contributed by atoms with E-state index in [0.717, 1.165) is 0 Å². The number of carbonyl (C=O) groups is 1. The van der Waals surface area contributed by atoms with Crippen molar-refractivity contribution in [2.75, 3.05) is 38.3 Å². The fourth-order valence-corrected chi connectivity index (χ4v) is 1.79. The predicted octanol–water partition coefficient (Wildman–Crippen LogP) is 0.0880. The second-order valence-electron chi connectivity index (χ2n) is 3.96. The molecule has 0 aliphatic carbocycles. The van der Waals surface area contributed by atoms with E-state index in [1.54, 1.807) is 4.90 Å². The van der Waals surface area contributed by atoms with E-state index in [-0.39, 0.29) is 23.9 Å². The average molecular weight is 271 g/mol. The number of nitrogens with zero attached hydrogens (tertiary/aromatic N) is 3. The van der Waals surface area contributed by atoms with Gasteiger partial charge in [-0.2, -0.15) is 9.37 Å². The molecule has 1 aliphatic rings. The number of anilines is 1. The lowest BCUT2D eigenvalue weighted by Gasteiger charge is -2.28. The molecule has 1 aromatic heterocycles. The molecular formula is C11H14FN3O4. The quantitative estimate of drug-likeness (QED) is 0.830. The van der Waals surface area contributed by atoms with Crippen LogP contribution in [-0.2, 0) is 16.0 Å². The molecule has 1 aliphatic heterocycles. The van der Waals surface area contributed by atoms with Crippen LogP contribution in [0, 0.1) is 5.82 Å². The molecule has 0 radical (unpaired) electrons. The second kappa shape index (κ2) is 5.79. The topological polar surface area (TPSA) is 84.8 Å². The molecular weight excluding hydrogens is 257 g/mol. The highest BCUT2D eigenvalue weighted by atomic mass is 19.1. The lowest BCUT2D eigenvalue weighted by atomic mass is 10.3. The Hall–Kier alpha value is -1.96. The lowest BCUT2D eigenvalue weighted by Crippen LogP contribution is -2.37. The van der Waals surface area contributed by atoms with Gasteiger partial charge in [-0.05, 0) is 0 Å². The molecule has 7 nitrogen and oxygen atoms in total. The number of carboxylic acids is 1. The van der Waals surface area contributed by atoms with Crippen molar-refractivity contribution in [3.63, 3.8) is 0 Å². The Kier molecular flexibility index (Phi) is 4.10. The van der Waals surface area contributed by atoms with Gasteiger partial charge in [0.1, 0.15) is 12.2 Å². The van der Waals surface area contributed by atoms with Gasteiger partial charge in [0.05, 0.1) is 20.3 Å². The fraction of sp³-hybridized carbons (Fsp3) is 0.545. The molecule has 8 heteroatoms. The highest BCUT2D eigenvalue weighted by molar-refractivity contribution is 5.69. The van der Waals surface area contributed by atoms with Crippen LogP contribution in [0.3, 0.4) is 0 Å². The zero-order chi connectivity index (χ0) is 13.8. The molecule has 1 N–H and O–H groups in total. The number of aromatic nitrogens is 2. The van der Waals surface area contributed by atoms with Crippen LogP contribution >= 0.6 is 0 Å². The van der Waals surface area contributed by atoms with E-state index in [1.165, 1.54) is 7.11 Å². The molecule has 104 valence electrons. The van der Waals surface area contributed by atoms with Gasteiger partial charge in [0, 0.05) is 13.1 Å². The normalized spacial score (nSPS) is 15.4. The van der Waals surface area contributed by atoms with Crippen molar-refractivity contribution in [2.24, 2.45) is 0 Å². The van der Waals surface area contributed by atoms with Crippen molar-refractivity contribution >= 4 is 11.8 Å². The van der Waals surface area contributed by atoms with Gasteiger partial charge in [0.15, 0.2) is 5.82 Å². The Morgan fingerprint density at radius 2 is 2.16 bits per heavy atom. The first-order valence-corrected chi connectivity index (χ1v) is 5.76. The van der Waals surface area contributed by atoms with E-state index < -0.39 is 11.8 Å². The molecule has 0 saturated carbocycles. The van der Waals surface area contributed by atoms with Crippen molar-refractivity contribution < 1.29 is 23.8 Å². The second-order valence-corrected chi connectivity index (χ2v) is 3.96. The Morgan fingerprint density at radius 1 is 1.47 bits per heavy atom. The van der Waals surface area contributed by atoms with Gasteiger partial charge in [0.2, 0.25) is 5.82 Å². The minimum atomic E-state index is -1.08. The molecule has 1 fully saturated rings. The number of morpholine rings is 1. The van der Waals surface area contributed by atoms with Crippen molar-refractivity contribution in [1.29, 1.82) is 0 Å². The van der Waals surface area contributed by atoms with Crippen LogP contribution in [0.4, 0.5) is 10.2 Å². The highest BCUT2D eigenvalue weighted by Crippen LogP contribution is 2.24. The van der Waals surface area contributed by atoms with E-state index in [2.05, 4.69) is 9.97 Å². The van der Waals surface area contributed by atoms with Crippen LogP contribution in [0.2, 0.25) is 0 Å². The smallest absolute Gasteiger partial charge is 0.311 e. The molecule has 2 rings (SSSR count). The summed E-state index contributed by atoms with van der Waals surface area (Å²) in [6.07, 6.45) is -0.381. The molecule has 0 atom stereocenters. The van der Waals surface area contributed by atoms with Crippen molar-refractivity contribution in [3.8, 4) is 5.88 Å². The summed E-state index contributed by atoms with van der Waals surface area (Å²) < 4.78 is 24.1. The third-order valence-electron chi connectivity index (χ3n) is 2.66. The first-order chi connectivity index (χ1) is 9.11. The Balaban J connectivity index is 2.36. The van der Waals surface area contributed by atoms with Gasteiger partial charge in [0.25, 0.3) is 5.88 Å². The van der Waals surface area contributed by atoms with Gasteiger partial charge in [-0.25, -0.2) is 4.98 Å². The monoisotopic (exact) mass is 271 g/mol. The van der Waals surface area contributed by atoms with Gasteiger partial charge >= 0.3 is 5.97 Å². The number of hydrogen-bond donors (Lipinski definition) is 1. The van der Waals surface area contributed by atoms with Crippen molar-refractivity contribution in [2.45, 2.75) is 6.42 Å². The molecule has 1 saturated heterocycles. The zero-order valence-corrected chi connectivity index (χ0v) is 10.4. The predicted molar refractivity (Wildman–Crippen MR) is 62.9 cm³/mol. The minimum absolute atomic E-state index is 0.0206. The van der Waals surface area contributed by atoms with E-state index in [4.69, 9.17) is 14.6 Å². The third-order valence-corrected chi connectivity index (χ3v) is 2.66. The number of methoxy groups -OCH3 is 1. The maximum atomic E-state index is 14.1. The van der Waals surface area contributed by atoms with Gasteiger partial charge in [-0.1, -0.05) is 0 Å². The van der Waals surface area contributed by atoms with Crippen LogP contribution in [0.15, 0.2) is 0 Å². The summed E-state index contributed by atoms with van der Waals surface area (Å²) in [4.78, 5) is 20.1. The Bertz CT molecular complexity index is 477. The lowest BCUT2D eigenvalue weighted by molar-refractivity contribution is -0.136. The maximum absolute atomic E-state index is 14.1. The molecule has 1 aromatic rings. The summed E-state index contributed by atoms with van der Waals surface area (Å²) in [5.41, 5.74) is 0.